The number of hydrogen-bond acceptors (Lipinski definition) is 3. The van der Waals surface area contributed by atoms with Crippen molar-refractivity contribution >= 4 is 29.9 Å². The molecule has 0 aliphatic rings. The predicted octanol–water partition coefficient (Wildman–Crippen LogP) is 2.74. The summed E-state index contributed by atoms with van der Waals surface area (Å²) < 4.78 is 2.03. The number of aryl methyl sites for hydroxylation is 3. The number of benzene rings is 1. The Morgan fingerprint density at radius 3 is 2.52 bits per heavy atom. The summed E-state index contributed by atoms with van der Waals surface area (Å²) >= 11 is 0. The van der Waals surface area contributed by atoms with Crippen molar-refractivity contribution < 1.29 is 0 Å². The maximum atomic E-state index is 8.81. The second-order valence-electron chi connectivity index (χ2n) is 5.67. The van der Waals surface area contributed by atoms with Gasteiger partial charge in [0.25, 0.3) is 0 Å². The maximum absolute atomic E-state index is 8.81. The van der Waals surface area contributed by atoms with Crippen LogP contribution in [0.1, 0.15) is 28.9 Å². The topological polar surface area (TPSA) is 78.0 Å². The van der Waals surface area contributed by atoms with Crippen molar-refractivity contribution in [3.05, 3.63) is 52.8 Å². The molecule has 2 N–H and O–H groups in total. The third-order valence-electron chi connectivity index (χ3n) is 3.71. The Balaban J connectivity index is 0.00000312. The van der Waals surface area contributed by atoms with Gasteiger partial charge in [-0.3, -0.25) is 9.67 Å². The number of guanidine groups is 1. The van der Waals surface area contributed by atoms with E-state index in [9.17, 15) is 0 Å². The van der Waals surface area contributed by atoms with Crippen molar-refractivity contribution in [1.29, 1.82) is 5.26 Å². The molecule has 2 aromatic rings. The fourth-order valence-corrected chi connectivity index (χ4v) is 2.44. The summed E-state index contributed by atoms with van der Waals surface area (Å²) in [7, 11) is 1.76. The maximum Gasteiger partial charge on any atom is 0.191 e. The Morgan fingerprint density at radius 1 is 1.24 bits per heavy atom. The van der Waals surface area contributed by atoms with Gasteiger partial charge in [0.05, 0.1) is 17.3 Å². The Hall–Kier alpha value is -2.08. The molecule has 0 fully saturated rings. The molecule has 0 unspecified atom stereocenters. The number of nitriles is 1. The fraction of sp³-hybridized carbons (Fsp3) is 0.389. The summed E-state index contributed by atoms with van der Waals surface area (Å²) in [6.07, 6.45) is 0.972. The molecule has 25 heavy (non-hydrogen) atoms. The average Bonchev–Trinajstić information content (AvgIpc) is 2.92. The van der Waals surface area contributed by atoms with Crippen LogP contribution in [0.5, 0.6) is 0 Å². The minimum absolute atomic E-state index is 0. The van der Waals surface area contributed by atoms with Gasteiger partial charge in [-0.25, -0.2) is 0 Å². The van der Waals surface area contributed by atoms with E-state index in [1.165, 1.54) is 5.69 Å². The average molecular weight is 452 g/mol. The van der Waals surface area contributed by atoms with Crippen LogP contribution in [0.3, 0.4) is 0 Å². The van der Waals surface area contributed by atoms with Crippen molar-refractivity contribution in [3.63, 3.8) is 0 Å². The third-order valence-corrected chi connectivity index (χ3v) is 3.71. The second kappa shape index (κ2) is 10.7. The Bertz CT molecular complexity index is 727. The van der Waals surface area contributed by atoms with Gasteiger partial charge in [0.2, 0.25) is 0 Å². The lowest BCUT2D eigenvalue weighted by Gasteiger charge is -2.12. The lowest BCUT2D eigenvalue weighted by atomic mass is 10.1. The summed E-state index contributed by atoms with van der Waals surface area (Å²) in [4.78, 5) is 4.22. The van der Waals surface area contributed by atoms with E-state index in [1.807, 2.05) is 35.9 Å². The van der Waals surface area contributed by atoms with Gasteiger partial charge in [-0.2, -0.15) is 10.4 Å². The molecule has 1 heterocycles. The van der Waals surface area contributed by atoms with Gasteiger partial charge in [0.15, 0.2) is 5.96 Å². The van der Waals surface area contributed by atoms with Crippen LogP contribution < -0.4 is 10.6 Å². The number of nitrogens with zero attached hydrogens (tertiary/aromatic N) is 4. The van der Waals surface area contributed by atoms with E-state index in [0.29, 0.717) is 12.1 Å². The molecule has 0 bridgehead atoms. The largest absolute Gasteiger partial charge is 0.356 e. The summed E-state index contributed by atoms with van der Waals surface area (Å²) in [5.74, 6) is 0.771. The molecule has 7 heteroatoms. The van der Waals surface area contributed by atoms with Gasteiger partial charge in [0.1, 0.15) is 0 Å². The highest BCUT2D eigenvalue weighted by Gasteiger charge is 2.02. The molecule has 0 atom stereocenters. The number of nitrogens with one attached hydrogen (secondary N) is 2. The fourth-order valence-electron chi connectivity index (χ4n) is 2.44. The zero-order chi connectivity index (χ0) is 17.4. The zero-order valence-corrected chi connectivity index (χ0v) is 17.2. The zero-order valence-electron chi connectivity index (χ0n) is 14.9. The van der Waals surface area contributed by atoms with Crippen molar-refractivity contribution in [2.24, 2.45) is 4.99 Å². The monoisotopic (exact) mass is 452 g/mol. The van der Waals surface area contributed by atoms with Gasteiger partial charge < -0.3 is 10.6 Å². The smallest absolute Gasteiger partial charge is 0.191 e. The summed E-state index contributed by atoms with van der Waals surface area (Å²) in [6, 6.07) is 11.7. The van der Waals surface area contributed by atoms with Gasteiger partial charge >= 0.3 is 0 Å². The van der Waals surface area contributed by atoms with E-state index >= 15 is 0 Å². The number of rotatable bonds is 6. The van der Waals surface area contributed by atoms with Crippen LogP contribution in [-0.2, 0) is 13.1 Å². The van der Waals surface area contributed by atoms with E-state index in [2.05, 4.69) is 39.8 Å². The van der Waals surface area contributed by atoms with E-state index < -0.39 is 0 Å². The summed E-state index contributed by atoms with van der Waals surface area (Å²) in [5.41, 5.74) is 4.03. The molecular formula is C18H25IN6. The lowest BCUT2D eigenvalue weighted by Crippen LogP contribution is -2.37. The third kappa shape index (κ3) is 6.74. The van der Waals surface area contributed by atoms with Crippen LogP contribution in [0.25, 0.3) is 0 Å². The predicted molar refractivity (Wildman–Crippen MR) is 111 cm³/mol. The molecule has 6 nitrogen and oxygen atoms in total. The van der Waals surface area contributed by atoms with Crippen LogP contribution in [-0.4, -0.2) is 29.3 Å². The van der Waals surface area contributed by atoms with Crippen molar-refractivity contribution in [2.45, 2.75) is 33.4 Å². The SMILES string of the molecule is CN=C(NCCCn1nc(C)cc1C)NCc1ccc(C#N)cc1.I. The first-order valence-corrected chi connectivity index (χ1v) is 8.07. The molecule has 0 amide bonds. The minimum Gasteiger partial charge on any atom is -0.356 e. The number of hydrogen-bond donors (Lipinski definition) is 2. The Labute approximate surface area is 166 Å². The van der Waals surface area contributed by atoms with Gasteiger partial charge in [-0.15, -0.1) is 24.0 Å². The molecule has 0 aliphatic carbocycles. The molecule has 0 radical (unpaired) electrons. The van der Waals surface area contributed by atoms with Gasteiger partial charge in [0, 0.05) is 32.4 Å². The van der Waals surface area contributed by atoms with Crippen molar-refractivity contribution in [1.82, 2.24) is 20.4 Å². The van der Waals surface area contributed by atoms with Crippen molar-refractivity contribution in [2.75, 3.05) is 13.6 Å². The minimum atomic E-state index is 0. The molecule has 0 saturated carbocycles. The quantitative estimate of drug-likeness (QED) is 0.306. The first-order valence-electron chi connectivity index (χ1n) is 8.07. The van der Waals surface area contributed by atoms with E-state index in [1.54, 1.807) is 7.05 Å². The Morgan fingerprint density at radius 2 is 1.96 bits per heavy atom. The Kier molecular flexibility index (Phi) is 8.99. The van der Waals surface area contributed by atoms with E-state index in [4.69, 9.17) is 5.26 Å². The first kappa shape index (κ1) is 21.0. The molecule has 134 valence electrons. The van der Waals surface area contributed by atoms with Gasteiger partial charge in [-0.05, 0) is 44.0 Å². The summed E-state index contributed by atoms with van der Waals surface area (Å²) in [6.45, 7) is 6.47. The first-order chi connectivity index (χ1) is 11.6. The van der Waals surface area contributed by atoms with Crippen molar-refractivity contribution in [3.8, 4) is 6.07 Å². The number of aliphatic imine (C=N–C) groups is 1. The van der Waals surface area contributed by atoms with Crippen LogP contribution in [0.15, 0.2) is 35.3 Å². The van der Waals surface area contributed by atoms with Crippen LogP contribution >= 0.6 is 24.0 Å². The van der Waals surface area contributed by atoms with E-state index in [0.717, 1.165) is 36.7 Å². The molecule has 1 aromatic heterocycles. The molecule has 0 spiro atoms. The molecular weight excluding hydrogens is 427 g/mol. The highest BCUT2D eigenvalue weighted by Crippen LogP contribution is 2.03. The normalized spacial score (nSPS) is 10.7. The standard InChI is InChI=1S/C18H24N6.HI/c1-14-11-15(2)24(23-14)10-4-9-21-18(20-3)22-13-17-7-5-16(12-19)6-8-17;/h5-8,11H,4,9-10,13H2,1-3H3,(H2,20,21,22);1H. The van der Waals surface area contributed by atoms with E-state index in [-0.39, 0.29) is 24.0 Å². The molecule has 0 saturated heterocycles. The number of halogens is 1. The lowest BCUT2D eigenvalue weighted by molar-refractivity contribution is 0.555. The second-order valence-corrected chi connectivity index (χ2v) is 5.67. The summed E-state index contributed by atoms with van der Waals surface area (Å²) in [5, 5.41) is 19.8. The highest BCUT2D eigenvalue weighted by molar-refractivity contribution is 14.0. The van der Waals surface area contributed by atoms with Crippen LogP contribution in [0.4, 0.5) is 0 Å². The highest BCUT2D eigenvalue weighted by atomic mass is 127. The molecule has 1 aromatic carbocycles. The van der Waals surface area contributed by atoms with Gasteiger partial charge in [-0.1, -0.05) is 12.1 Å². The molecule has 0 aliphatic heterocycles. The van der Waals surface area contributed by atoms with Crippen LogP contribution in [0, 0.1) is 25.2 Å². The number of aromatic nitrogens is 2. The van der Waals surface area contributed by atoms with Crippen LogP contribution in [0.2, 0.25) is 0 Å². The molecule has 2 rings (SSSR count).